The third kappa shape index (κ3) is 2.68. The normalized spacial score (nSPS) is 9.80. The monoisotopic (exact) mass is 212 g/mol. The Bertz CT molecular complexity index is 350. The van der Waals surface area contributed by atoms with E-state index < -0.39 is 5.82 Å². The van der Waals surface area contributed by atoms with Gasteiger partial charge in [0.25, 0.3) is 0 Å². The summed E-state index contributed by atoms with van der Waals surface area (Å²) in [6.45, 7) is 4.35. The van der Waals surface area contributed by atoms with Gasteiger partial charge < -0.3 is 9.47 Å². The van der Waals surface area contributed by atoms with E-state index in [1.807, 2.05) is 6.92 Å². The van der Waals surface area contributed by atoms with Crippen LogP contribution in [0.15, 0.2) is 12.1 Å². The minimum atomic E-state index is -0.643. The van der Waals surface area contributed by atoms with E-state index in [1.165, 1.54) is 12.1 Å². The van der Waals surface area contributed by atoms with Crippen LogP contribution in [0.3, 0.4) is 0 Å². The molecule has 0 bridgehead atoms. The molecule has 1 rings (SSSR count). The van der Waals surface area contributed by atoms with Crippen molar-refractivity contribution in [2.45, 2.75) is 13.8 Å². The van der Waals surface area contributed by atoms with Gasteiger partial charge in [0.2, 0.25) is 0 Å². The largest absolute Gasteiger partial charge is 0.494 e. The molecule has 0 N–H and O–H groups in total. The second-order valence-corrected chi connectivity index (χ2v) is 2.81. The van der Waals surface area contributed by atoms with Gasteiger partial charge in [-0.05, 0) is 19.9 Å². The molecule has 82 valence electrons. The molecule has 0 atom stereocenters. The Kier molecular flexibility index (Phi) is 4.09. The SMILES string of the molecule is CCOc1cc(C=O)c(F)c(OCC)c1. The maximum absolute atomic E-state index is 13.5. The van der Waals surface area contributed by atoms with Gasteiger partial charge in [0.15, 0.2) is 17.9 Å². The zero-order valence-corrected chi connectivity index (χ0v) is 8.75. The molecule has 0 fully saturated rings. The first kappa shape index (κ1) is 11.5. The van der Waals surface area contributed by atoms with Gasteiger partial charge in [-0.1, -0.05) is 0 Å². The summed E-state index contributed by atoms with van der Waals surface area (Å²) in [7, 11) is 0. The number of rotatable bonds is 5. The van der Waals surface area contributed by atoms with E-state index in [2.05, 4.69) is 0 Å². The van der Waals surface area contributed by atoms with E-state index >= 15 is 0 Å². The first-order valence-corrected chi connectivity index (χ1v) is 4.77. The minimum absolute atomic E-state index is 0.0468. The van der Waals surface area contributed by atoms with Crippen LogP contribution < -0.4 is 9.47 Å². The lowest BCUT2D eigenvalue weighted by molar-refractivity contribution is 0.111. The molecule has 15 heavy (non-hydrogen) atoms. The van der Waals surface area contributed by atoms with Crippen LogP contribution in [0.2, 0.25) is 0 Å². The number of hydrogen-bond acceptors (Lipinski definition) is 3. The van der Waals surface area contributed by atoms with Crippen molar-refractivity contribution in [3.05, 3.63) is 23.5 Å². The fourth-order valence-corrected chi connectivity index (χ4v) is 1.19. The molecular formula is C11H13FO3. The Hall–Kier alpha value is -1.58. The lowest BCUT2D eigenvalue weighted by atomic mass is 10.2. The van der Waals surface area contributed by atoms with Crippen LogP contribution in [0.4, 0.5) is 4.39 Å². The molecule has 0 aliphatic heterocycles. The molecule has 0 saturated carbocycles. The van der Waals surface area contributed by atoms with Crippen molar-refractivity contribution in [1.29, 1.82) is 0 Å². The molecule has 0 radical (unpaired) electrons. The number of hydrogen-bond donors (Lipinski definition) is 0. The van der Waals surface area contributed by atoms with Crippen LogP contribution in [0.5, 0.6) is 11.5 Å². The highest BCUT2D eigenvalue weighted by molar-refractivity contribution is 5.77. The van der Waals surface area contributed by atoms with Crippen molar-refractivity contribution in [3.8, 4) is 11.5 Å². The number of carbonyl (C=O) groups is 1. The minimum Gasteiger partial charge on any atom is -0.494 e. The van der Waals surface area contributed by atoms with Crippen molar-refractivity contribution in [3.63, 3.8) is 0 Å². The molecule has 0 aliphatic carbocycles. The topological polar surface area (TPSA) is 35.5 Å². The van der Waals surface area contributed by atoms with Gasteiger partial charge in [-0.2, -0.15) is 0 Å². The average molecular weight is 212 g/mol. The number of halogens is 1. The summed E-state index contributed by atoms with van der Waals surface area (Å²) in [5, 5.41) is 0. The van der Waals surface area contributed by atoms with Crippen LogP contribution in [-0.4, -0.2) is 19.5 Å². The van der Waals surface area contributed by atoms with Crippen molar-refractivity contribution < 1.29 is 18.7 Å². The Morgan fingerprint density at radius 3 is 2.47 bits per heavy atom. The van der Waals surface area contributed by atoms with Crippen LogP contribution in [0, 0.1) is 5.82 Å². The predicted molar refractivity (Wildman–Crippen MR) is 54.1 cm³/mol. The fraction of sp³-hybridized carbons (Fsp3) is 0.364. The second-order valence-electron chi connectivity index (χ2n) is 2.81. The van der Waals surface area contributed by atoms with E-state index in [4.69, 9.17) is 9.47 Å². The van der Waals surface area contributed by atoms with Gasteiger partial charge >= 0.3 is 0 Å². The van der Waals surface area contributed by atoms with E-state index in [-0.39, 0.29) is 11.3 Å². The predicted octanol–water partition coefficient (Wildman–Crippen LogP) is 2.44. The summed E-state index contributed by atoms with van der Waals surface area (Å²) in [4.78, 5) is 10.6. The molecule has 4 heteroatoms. The summed E-state index contributed by atoms with van der Waals surface area (Å²) in [6.07, 6.45) is 0.445. The fourth-order valence-electron chi connectivity index (χ4n) is 1.19. The second kappa shape index (κ2) is 5.34. The molecular weight excluding hydrogens is 199 g/mol. The Labute approximate surface area is 87.8 Å². The van der Waals surface area contributed by atoms with Crippen LogP contribution >= 0.6 is 0 Å². The molecule has 0 amide bonds. The lowest BCUT2D eigenvalue weighted by Gasteiger charge is -2.09. The van der Waals surface area contributed by atoms with Gasteiger partial charge in [-0.25, -0.2) is 4.39 Å². The smallest absolute Gasteiger partial charge is 0.175 e. The highest BCUT2D eigenvalue weighted by Crippen LogP contribution is 2.26. The Morgan fingerprint density at radius 2 is 1.93 bits per heavy atom. The first-order valence-electron chi connectivity index (χ1n) is 4.77. The molecule has 0 aromatic heterocycles. The third-order valence-corrected chi connectivity index (χ3v) is 1.78. The molecule has 0 spiro atoms. The van der Waals surface area contributed by atoms with Gasteiger partial charge in [0.05, 0.1) is 18.8 Å². The van der Waals surface area contributed by atoms with Gasteiger partial charge in [0.1, 0.15) is 5.75 Å². The maximum Gasteiger partial charge on any atom is 0.175 e. The molecule has 0 heterocycles. The molecule has 3 nitrogen and oxygen atoms in total. The van der Waals surface area contributed by atoms with Crippen LogP contribution in [0.25, 0.3) is 0 Å². The summed E-state index contributed by atoms with van der Waals surface area (Å²) >= 11 is 0. The van der Waals surface area contributed by atoms with E-state index in [0.29, 0.717) is 25.2 Å². The van der Waals surface area contributed by atoms with Crippen LogP contribution in [0.1, 0.15) is 24.2 Å². The van der Waals surface area contributed by atoms with E-state index in [0.717, 1.165) is 0 Å². The van der Waals surface area contributed by atoms with Crippen molar-refractivity contribution >= 4 is 6.29 Å². The summed E-state index contributed by atoms with van der Waals surface area (Å²) in [5.41, 5.74) is -0.0515. The van der Waals surface area contributed by atoms with Gasteiger partial charge in [-0.3, -0.25) is 4.79 Å². The molecule has 0 unspecified atom stereocenters. The summed E-state index contributed by atoms with van der Waals surface area (Å²) in [6, 6.07) is 2.80. The quantitative estimate of drug-likeness (QED) is 0.703. The maximum atomic E-state index is 13.5. The first-order chi connectivity index (χ1) is 7.22. The summed E-state index contributed by atoms with van der Waals surface area (Å²) in [5.74, 6) is -0.162. The highest BCUT2D eigenvalue weighted by Gasteiger charge is 2.11. The van der Waals surface area contributed by atoms with E-state index in [1.54, 1.807) is 6.92 Å². The molecule has 0 saturated heterocycles. The number of carbonyl (C=O) groups excluding carboxylic acids is 1. The zero-order chi connectivity index (χ0) is 11.3. The number of ether oxygens (including phenoxy) is 2. The van der Waals surface area contributed by atoms with Crippen LogP contribution in [-0.2, 0) is 0 Å². The van der Waals surface area contributed by atoms with Gasteiger partial charge in [-0.15, -0.1) is 0 Å². The Balaban J connectivity index is 3.12. The molecule has 1 aromatic rings. The Morgan fingerprint density at radius 1 is 1.27 bits per heavy atom. The molecule has 0 aliphatic rings. The van der Waals surface area contributed by atoms with Crippen molar-refractivity contribution in [1.82, 2.24) is 0 Å². The highest BCUT2D eigenvalue weighted by atomic mass is 19.1. The zero-order valence-electron chi connectivity index (χ0n) is 8.75. The lowest BCUT2D eigenvalue weighted by Crippen LogP contribution is -2.00. The summed E-state index contributed by atoms with van der Waals surface area (Å²) < 4.78 is 23.7. The van der Waals surface area contributed by atoms with Crippen molar-refractivity contribution in [2.24, 2.45) is 0 Å². The number of benzene rings is 1. The average Bonchev–Trinajstić information content (AvgIpc) is 2.23. The number of aldehydes is 1. The van der Waals surface area contributed by atoms with Gasteiger partial charge in [0, 0.05) is 6.07 Å². The van der Waals surface area contributed by atoms with Crippen molar-refractivity contribution in [2.75, 3.05) is 13.2 Å². The third-order valence-electron chi connectivity index (χ3n) is 1.78. The van der Waals surface area contributed by atoms with E-state index in [9.17, 15) is 9.18 Å². The standard InChI is InChI=1S/C11H13FO3/c1-3-14-9-5-8(7-13)11(12)10(6-9)15-4-2/h5-7H,3-4H2,1-2H3. The molecule has 1 aromatic carbocycles.